The third-order valence-electron chi connectivity index (χ3n) is 5.45. The van der Waals surface area contributed by atoms with Crippen LogP contribution in [0.2, 0.25) is 0 Å². The molecule has 7 heteroatoms. The van der Waals surface area contributed by atoms with Crippen molar-refractivity contribution < 1.29 is 9.53 Å². The molecule has 3 rings (SSSR count). The van der Waals surface area contributed by atoms with E-state index in [0.717, 1.165) is 51.0 Å². The first-order valence-corrected chi connectivity index (χ1v) is 9.00. The Hall–Kier alpha value is -1.63. The predicted molar refractivity (Wildman–Crippen MR) is 89.7 cm³/mol. The van der Waals surface area contributed by atoms with Gasteiger partial charge in [-0.15, -0.1) is 0 Å². The number of nitrogens with zero attached hydrogens (tertiary/aromatic N) is 4. The minimum atomic E-state index is -0.615. The minimum absolute atomic E-state index is 0.0496. The van der Waals surface area contributed by atoms with Crippen molar-refractivity contribution in [3.8, 4) is 0 Å². The van der Waals surface area contributed by atoms with Gasteiger partial charge in [-0.2, -0.15) is 5.10 Å². The van der Waals surface area contributed by atoms with Crippen LogP contribution in [0.15, 0.2) is 4.79 Å². The van der Waals surface area contributed by atoms with E-state index in [2.05, 4.69) is 5.10 Å². The number of hydrogen-bond donors (Lipinski definition) is 0. The minimum Gasteiger partial charge on any atom is -0.365 e. The zero-order valence-corrected chi connectivity index (χ0v) is 15.0. The highest BCUT2D eigenvalue weighted by molar-refractivity contribution is 5.85. The number of carbonyl (C=O) groups excluding carboxylic acids is 1. The predicted octanol–water partition coefficient (Wildman–Crippen LogP) is 0.952. The fourth-order valence-electron chi connectivity index (χ4n) is 3.90. The third-order valence-corrected chi connectivity index (χ3v) is 5.45. The van der Waals surface area contributed by atoms with Crippen molar-refractivity contribution in [1.29, 1.82) is 0 Å². The quantitative estimate of drug-likeness (QED) is 0.821. The topological polar surface area (TPSA) is 69.4 Å². The highest BCUT2D eigenvalue weighted by Gasteiger charge is 2.41. The van der Waals surface area contributed by atoms with Gasteiger partial charge in [0.25, 0.3) is 5.91 Å². The zero-order chi connectivity index (χ0) is 17.3. The van der Waals surface area contributed by atoms with Gasteiger partial charge in [0, 0.05) is 39.7 Å². The van der Waals surface area contributed by atoms with E-state index in [9.17, 15) is 9.59 Å². The van der Waals surface area contributed by atoms with Gasteiger partial charge in [0.15, 0.2) is 0 Å². The van der Waals surface area contributed by atoms with Crippen LogP contribution in [0.25, 0.3) is 0 Å². The van der Waals surface area contributed by atoms with Crippen molar-refractivity contribution in [2.24, 2.45) is 13.0 Å². The Bertz CT molecular complexity index is 649. The summed E-state index contributed by atoms with van der Waals surface area (Å²) in [5.41, 5.74) is -0.664. The first-order valence-electron chi connectivity index (χ1n) is 9.00. The highest BCUT2D eigenvalue weighted by atomic mass is 16.5. The maximum atomic E-state index is 12.7. The smallest absolute Gasteiger partial charge is 0.345 e. The van der Waals surface area contributed by atoms with E-state index in [1.54, 1.807) is 11.6 Å². The summed E-state index contributed by atoms with van der Waals surface area (Å²) in [7, 11) is 1.70. The van der Waals surface area contributed by atoms with Gasteiger partial charge in [-0.05, 0) is 45.4 Å². The Balaban J connectivity index is 1.59. The maximum Gasteiger partial charge on any atom is 0.345 e. The van der Waals surface area contributed by atoms with Crippen LogP contribution < -0.4 is 5.69 Å². The maximum absolute atomic E-state index is 12.7. The average Bonchev–Trinajstić information content (AvgIpc) is 3.13. The summed E-state index contributed by atoms with van der Waals surface area (Å²) >= 11 is 0. The fraction of sp³-hybridized carbons (Fsp3) is 0.824. The number of carbonyl (C=O) groups is 1. The van der Waals surface area contributed by atoms with Crippen molar-refractivity contribution in [2.75, 3.05) is 19.7 Å². The number of ether oxygens (including phenoxy) is 1. The molecule has 0 aliphatic carbocycles. The van der Waals surface area contributed by atoms with E-state index in [0.29, 0.717) is 19.1 Å². The van der Waals surface area contributed by atoms with E-state index in [1.807, 2.05) is 18.7 Å². The van der Waals surface area contributed by atoms with E-state index in [4.69, 9.17) is 4.74 Å². The molecule has 2 aliphatic rings. The van der Waals surface area contributed by atoms with Crippen molar-refractivity contribution in [1.82, 2.24) is 19.2 Å². The molecule has 134 valence electrons. The number of piperidine rings is 1. The molecule has 0 saturated carbocycles. The Morgan fingerprint density at radius 1 is 1.38 bits per heavy atom. The Kier molecular flexibility index (Phi) is 4.80. The van der Waals surface area contributed by atoms with Crippen molar-refractivity contribution in [3.63, 3.8) is 0 Å². The summed E-state index contributed by atoms with van der Waals surface area (Å²) in [6, 6.07) is 0. The van der Waals surface area contributed by atoms with Crippen molar-refractivity contribution >= 4 is 5.91 Å². The van der Waals surface area contributed by atoms with E-state index < -0.39 is 5.60 Å². The molecule has 0 spiro atoms. The lowest BCUT2D eigenvalue weighted by atomic mass is 9.91. The van der Waals surface area contributed by atoms with E-state index in [-0.39, 0.29) is 11.6 Å². The molecule has 0 aromatic carbocycles. The lowest BCUT2D eigenvalue weighted by molar-refractivity contribution is -0.152. The summed E-state index contributed by atoms with van der Waals surface area (Å²) < 4.78 is 8.84. The molecule has 2 saturated heterocycles. The molecule has 0 N–H and O–H groups in total. The standard InChI is InChI=1S/C17H28N4O3/c1-4-21-14(18-19(3)16(21)23)12-13-6-9-20(10-7-13)15(22)17(2)8-5-11-24-17/h13H,4-12H2,1-3H3/t17-/m0/s1. The second kappa shape index (κ2) is 6.70. The lowest BCUT2D eigenvalue weighted by Crippen LogP contribution is -2.49. The van der Waals surface area contributed by atoms with Crippen LogP contribution in [-0.4, -0.2) is 50.5 Å². The van der Waals surface area contributed by atoms with Crippen LogP contribution in [0.3, 0.4) is 0 Å². The molecule has 1 atom stereocenters. The van der Waals surface area contributed by atoms with Crippen LogP contribution >= 0.6 is 0 Å². The molecule has 0 bridgehead atoms. The van der Waals surface area contributed by atoms with Gasteiger partial charge < -0.3 is 9.64 Å². The Labute approximate surface area is 142 Å². The molecule has 7 nitrogen and oxygen atoms in total. The van der Waals surface area contributed by atoms with Gasteiger partial charge in [-0.3, -0.25) is 9.36 Å². The lowest BCUT2D eigenvalue weighted by Gasteiger charge is -2.36. The first kappa shape index (κ1) is 17.2. The SMILES string of the molecule is CCn1c(CC2CCN(C(=O)[C@]3(C)CCCO3)CC2)nn(C)c1=O. The normalized spacial score (nSPS) is 25.4. The molecule has 0 radical (unpaired) electrons. The zero-order valence-electron chi connectivity index (χ0n) is 15.0. The van der Waals surface area contributed by atoms with Gasteiger partial charge in [-0.25, -0.2) is 9.48 Å². The highest BCUT2D eigenvalue weighted by Crippen LogP contribution is 2.29. The summed E-state index contributed by atoms with van der Waals surface area (Å²) in [4.78, 5) is 26.6. The fourth-order valence-corrected chi connectivity index (χ4v) is 3.90. The monoisotopic (exact) mass is 336 g/mol. The van der Waals surface area contributed by atoms with E-state index >= 15 is 0 Å². The van der Waals surface area contributed by atoms with Crippen LogP contribution in [-0.2, 0) is 29.5 Å². The molecule has 0 unspecified atom stereocenters. The molecule has 1 amide bonds. The Morgan fingerprint density at radius 3 is 2.67 bits per heavy atom. The van der Waals surface area contributed by atoms with Crippen LogP contribution in [0.4, 0.5) is 0 Å². The molecular weight excluding hydrogens is 308 g/mol. The molecular formula is C17H28N4O3. The first-order chi connectivity index (χ1) is 11.4. The van der Waals surface area contributed by atoms with Gasteiger partial charge >= 0.3 is 5.69 Å². The van der Waals surface area contributed by atoms with Gasteiger partial charge in [0.1, 0.15) is 11.4 Å². The number of amides is 1. The largest absolute Gasteiger partial charge is 0.365 e. The second-order valence-corrected chi connectivity index (χ2v) is 7.19. The number of hydrogen-bond acceptors (Lipinski definition) is 4. The molecule has 1 aromatic heterocycles. The summed E-state index contributed by atoms with van der Waals surface area (Å²) in [6.07, 6.45) is 4.50. The second-order valence-electron chi connectivity index (χ2n) is 7.19. The summed E-state index contributed by atoms with van der Waals surface area (Å²) in [5, 5.41) is 4.37. The molecule has 1 aromatic rings. The molecule has 24 heavy (non-hydrogen) atoms. The van der Waals surface area contributed by atoms with Crippen LogP contribution in [0, 0.1) is 5.92 Å². The van der Waals surface area contributed by atoms with Crippen molar-refractivity contribution in [2.45, 2.75) is 58.1 Å². The van der Waals surface area contributed by atoms with E-state index in [1.165, 1.54) is 4.68 Å². The molecule has 2 aliphatic heterocycles. The van der Waals surface area contributed by atoms with Crippen molar-refractivity contribution in [3.05, 3.63) is 16.3 Å². The van der Waals surface area contributed by atoms with Crippen LogP contribution in [0.5, 0.6) is 0 Å². The number of likely N-dealkylation sites (tertiary alicyclic amines) is 1. The average molecular weight is 336 g/mol. The van der Waals surface area contributed by atoms with Gasteiger partial charge in [0.05, 0.1) is 0 Å². The summed E-state index contributed by atoms with van der Waals surface area (Å²) in [5.74, 6) is 1.47. The number of aromatic nitrogens is 3. The number of aryl methyl sites for hydroxylation is 1. The molecule has 3 heterocycles. The van der Waals surface area contributed by atoms with Gasteiger partial charge in [0.2, 0.25) is 0 Å². The molecule has 2 fully saturated rings. The van der Waals surface area contributed by atoms with Gasteiger partial charge in [-0.1, -0.05) is 0 Å². The summed E-state index contributed by atoms with van der Waals surface area (Å²) in [6.45, 7) is 6.76. The number of rotatable bonds is 4. The van der Waals surface area contributed by atoms with Crippen LogP contribution in [0.1, 0.15) is 45.4 Å². The Morgan fingerprint density at radius 2 is 2.08 bits per heavy atom. The third kappa shape index (κ3) is 3.14.